The van der Waals surface area contributed by atoms with E-state index in [4.69, 9.17) is 4.74 Å². The molecule has 0 atom stereocenters. The van der Waals surface area contributed by atoms with Crippen molar-refractivity contribution in [3.63, 3.8) is 0 Å². The first kappa shape index (κ1) is 20.7. The Morgan fingerprint density at radius 3 is 2.06 bits per heavy atom. The van der Waals surface area contributed by atoms with Gasteiger partial charge < -0.3 is 15.0 Å². The van der Waals surface area contributed by atoms with Crippen LogP contribution in [0.1, 0.15) is 0 Å². The van der Waals surface area contributed by atoms with Crippen molar-refractivity contribution >= 4 is 32.9 Å². The molecule has 2 N–H and O–H groups in total. The average Bonchev–Trinajstić information content (AvgIpc) is 2.88. The summed E-state index contributed by atoms with van der Waals surface area (Å²) in [6.07, 6.45) is 0. The third-order valence-corrected chi connectivity index (χ3v) is 5.88. The maximum Gasteiger partial charge on any atom is 0.348 e. The van der Waals surface area contributed by atoms with Crippen molar-refractivity contribution in [2.75, 3.05) is 5.32 Å². The van der Waals surface area contributed by atoms with E-state index in [2.05, 4.69) is 51.7 Å². The van der Waals surface area contributed by atoms with Crippen LogP contribution in [0.4, 0.5) is 11.4 Å². The highest BCUT2D eigenvalue weighted by molar-refractivity contribution is 5.99. The van der Waals surface area contributed by atoms with Gasteiger partial charge in [0.2, 0.25) is 5.88 Å². The van der Waals surface area contributed by atoms with Crippen LogP contribution in [0.25, 0.3) is 32.8 Å². The lowest BCUT2D eigenvalue weighted by Gasteiger charge is -2.10. The fourth-order valence-electron chi connectivity index (χ4n) is 4.17. The summed E-state index contributed by atoms with van der Waals surface area (Å²) in [6.45, 7) is 0. The van der Waals surface area contributed by atoms with E-state index in [1.165, 1.54) is 10.8 Å². The van der Waals surface area contributed by atoms with Crippen LogP contribution < -0.4 is 15.7 Å². The standard InChI is InChI=1S/C30H21N3O2/c34-30-32-28(23-11-10-22-16-20-6-4-5-7-21(20)17-24(22)18-23)19-29(33-30)35-27-14-12-26(13-15-27)31-25-8-2-1-3-9-25/h1-19,31H,(H,32,33,34). The predicted molar refractivity (Wildman–Crippen MR) is 142 cm³/mol. The first-order valence-corrected chi connectivity index (χ1v) is 11.3. The lowest BCUT2D eigenvalue weighted by molar-refractivity contribution is 0.460. The molecule has 0 radical (unpaired) electrons. The molecule has 0 unspecified atom stereocenters. The molecule has 168 valence electrons. The van der Waals surface area contributed by atoms with Gasteiger partial charge in [-0.3, -0.25) is 0 Å². The van der Waals surface area contributed by atoms with Gasteiger partial charge in [0.05, 0.1) is 5.69 Å². The first-order valence-electron chi connectivity index (χ1n) is 11.3. The number of nitrogens with zero attached hydrogens (tertiary/aromatic N) is 1. The smallest absolute Gasteiger partial charge is 0.348 e. The Bertz CT molecular complexity index is 1710. The fraction of sp³-hybridized carbons (Fsp3) is 0. The summed E-state index contributed by atoms with van der Waals surface area (Å²) >= 11 is 0. The second-order valence-electron chi connectivity index (χ2n) is 8.32. The van der Waals surface area contributed by atoms with Gasteiger partial charge in [-0.15, -0.1) is 0 Å². The zero-order valence-electron chi connectivity index (χ0n) is 18.7. The minimum Gasteiger partial charge on any atom is -0.439 e. The first-order chi connectivity index (χ1) is 17.2. The molecule has 6 rings (SSSR count). The number of aromatic amines is 1. The highest BCUT2D eigenvalue weighted by Crippen LogP contribution is 2.29. The number of anilines is 2. The Morgan fingerprint density at radius 1 is 0.629 bits per heavy atom. The molecule has 1 aromatic heterocycles. The predicted octanol–water partition coefficient (Wildman–Crippen LogP) is 7.28. The molecule has 0 aliphatic heterocycles. The summed E-state index contributed by atoms with van der Waals surface area (Å²) in [5.74, 6) is 0.837. The van der Waals surface area contributed by atoms with Crippen LogP contribution in [-0.2, 0) is 0 Å². The third kappa shape index (κ3) is 4.48. The van der Waals surface area contributed by atoms with Crippen LogP contribution in [-0.4, -0.2) is 9.97 Å². The number of ether oxygens (including phenoxy) is 1. The van der Waals surface area contributed by atoms with Gasteiger partial charge in [-0.25, -0.2) is 4.79 Å². The maximum absolute atomic E-state index is 12.3. The zero-order chi connectivity index (χ0) is 23.6. The number of hydrogen-bond acceptors (Lipinski definition) is 4. The summed E-state index contributed by atoms with van der Waals surface area (Å²) in [5, 5.41) is 7.95. The van der Waals surface area contributed by atoms with E-state index in [1.807, 2.05) is 72.8 Å². The Balaban J connectivity index is 1.27. The van der Waals surface area contributed by atoms with Crippen LogP contribution in [0.2, 0.25) is 0 Å². The number of H-pyrrole nitrogens is 1. The minimum absolute atomic E-state index is 0.242. The molecule has 0 aliphatic rings. The van der Waals surface area contributed by atoms with Gasteiger partial charge in [0, 0.05) is 17.4 Å². The largest absolute Gasteiger partial charge is 0.439 e. The number of benzene rings is 5. The monoisotopic (exact) mass is 455 g/mol. The Labute approximate surface area is 201 Å². The number of para-hydroxylation sites is 1. The Kier molecular flexibility index (Phi) is 5.20. The van der Waals surface area contributed by atoms with E-state index in [1.54, 1.807) is 6.07 Å². The lowest BCUT2D eigenvalue weighted by atomic mass is 10.0. The SMILES string of the molecule is O=c1nc(Oc2ccc(Nc3ccccc3)cc2)cc(-c2ccc3cc4ccccc4cc3c2)[nH]1. The molecule has 0 fully saturated rings. The van der Waals surface area contributed by atoms with Crippen molar-refractivity contribution in [3.8, 4) is 22.9 Å². The number of aromatic nitrogens is 2. The van der Waals surface area contributed by atoms with Crippen LogP contribution in [0, 0.1) is 0 Å². The number of fused-ring (bicyclic) bond motifs is 2. The van der Waals surface area contributed by atoms with Crippen LogP contribution >= 0.6 is 0 Å². The third-order valence-electron chi connectivity index (χ3n) is 5.88. The molecular formula is C30H21N3O2. The molecule has 35 heavy (non-hydrogen) atoms. The van der Waals surface area contributed by atoms with E-state index >= 15 is 0 Å². The molecule has 0 saturated heterocycles. The molecule has 0 spiro atoms. The Hall–Kier alpha value is -4.90. The zero-order valence-corrected chi connectivity index (χ0v) is 18.7. The number of rotatable bonds is 5. The molecule has 0 bridgehead atoms. The van der Waals surface area contributed by atoms with Crippen LogP contribution in [0.15, 0.2) is 120 Å². The molecule has 1 heterocycles. The highest BCUT2D eigenvalue weighted by atomic mass is 16.5. The maximum atomic E-state index is 12.3. The van der Waals surface area contributed by atoms with Gasteiger partial charge in [0.15, 0.2) is 0 Å². The molecule has 6 aromatic rings. The topological polar surface area (TPSA) is 67.0 Å². The normalized spacial score (nSPS) is 11.0. The average molecular weight is 456 g/mol. The van der Waals surface area contributed by atoms with Crippen LogP contribution in [0.5, 0.6) is 11.6 Å². The van der Waals surface area contributed by atoms with Gasteiger partial charge in [0.1, 0.15) is 5.75 Å². The molecule has 0 saturated carbocycles. The van der Waals surface area contributed by atoms with Crippen molar-refractivity contribution in [2.24, 2.45) is 0 Å². The molecule has 5 heteroatoms. The summed E-state index contributed by atoms with van der Waals surface area (Å²) in [5.41, 5.74) is 3.02. The second-order valence-corrected chi connectivity index (χ2v) is 8.32. The van der Waals surface area contributed by atoms with E-state index in [0.29, 0.717) is 11.4 Å². The lowest BCUT2D eigenvalue weighted by Crippen LogP contribution is -2.11. The molecule has 0 amide bonds. The van der Waals surface area contributed by atoms with Crippen LogP contribution in [0.3, 0.4) is 0 Å². The van der Waals surface area contributed by atoms with E-state index in [9.17, 15) is 4.79 Å². The van der Waals surface area contributed by atoms with Crippen molar-refractivity contribution in [3.05, 3.63) is 126 Å². The van der Waals surface area contributed by atoms with Crippen molar-refractivity contribution in [2.45, 2.75) is 0 Å². The summed E-state index contributed by atoms with van der Waals surface area (Å²) < 4.78 is 5.91. The van der Waals surface area contributed by atoms with Gasteiger partial charge in [-0.2, -0.15) is 4.98 Å². The Morgan fingerprint density at radius 2 is 1.29 bits per heavy atom. The van der Waals surface area contributed by atoms with Crippen molar-refractivity contribution in [1.82, 2.24) is 9.97 Å². The summed E-state index contributed by atoms with van der Waals surface area (Å²) in [7, 11) is 0. The fourth-order valence-corrected chi connectivity index (χ4v) is 4.17. The van der Waals surface area contributed by atoms with E-state index in [-0.39, 0.29) is 5.88 Å². The second kappa shape index (κ2) is 8.80. The molecule has 0 aliphatic carbocycles. The molecule has 5 nitrogen and oxygen atoms in total. The number of hydrogen-bond donors (Lipinski definition) is 2. The van der Waals surface area contributed by atoms with Gasteiger partial charge in [-0.1, -0.05) is 54.6 Å². The summed E-state index contributed by atoms with van der Waals surface area (Å²) in [6, 6.07) is 38.0. The van der Waals surface area contributed by atoms with E-state index in [0.717, 1.165) is 27.7 Å². The quantitative estimate of drug-likeness (QED) is 0.268. The summed E-state index contributed by atoms with van der Waals surface area (Å²) in [4.78, 5) is 19.1. The number of nitrogens with one attached hydrogen (secondary N) is 2. The van der Waals surface area contributed by atoms with Gasteiger partial charge in [-0.05, 0) is 81.7 Å². The van der Waals surface area contributed by atoms with Crippen molar-refractivity contribution < 1.29 is 4.74 Å². The van der Waals surface area contributed by atoms with Gasteiger partial charge >= 0.3 is 5.69 Å². The highest BCUT2D eigenvalue weighted by Gasteiger charge is 2.08. The van der Waals surface area contributed by atoms with E-state index < -0.39 is 5.69 Å². The molecular weight excluding hydrogens is 434 g/mol. The molecule has 5 aromatic carbocycles. The van der Waals surface area contributed by atoms with Gasteiger partial charge in [0.25, 0.3) is 0 Å². The minimum atomic E-state index is -0.460. The van der Waals surface area contributed by atoms with Crippen molar-refractivity contribution in [1.29, 1.82) is 0 Å².